The highest BCUT2D eigenvalue weighted by molar-refractivity contribution is 7.15. The Morgan fingerprint density at radius 2 is 2.13 bits per heavy atom. The van der Waals surface area contributed by atoms with Crippen molar-refractivity contribution in [3.05, 3.63) is 39.9 Å². The van der Waals surface area contributed by atoms with E-state index in [0.717, 1.165) is 10.6 Å². The van der Waals surface area contributed by atoms with Crippen molar-refractivity contribution in [1.82, 2.24) is 4.98 Å². The number of rotatable bonds is 7. The number of carboxylic acid groups (broad SMARTS) is 1. The zero-order chi connectivity index (χ0) is 16.8. The number of hydrogen-bond donors (Lipinski definition) is 2. The maximum atomic E-state index is 11.9. The molecule has 2 aromatic rings. The summed E-state index contributed by atoms with van der Waals surface area (Å²) in [6.07, 6.45) is 0.427. The van der Waals surface area contributed by atoms with E-state index in [4.69, 9.17) is 21.4 Å². The molecule has 8 heteroatoms. The van der Waals surface area contributed by atoms with Gasteiger partial charge in [-0.2, -0.15) is 0 Å². The van der Waals surface area contributed by atoms with Gasteiger partial charge < -0.3 is 9.84 Å². The van der Waals surface area contributed by atoms with Crippen molar-refractivity contribution in [2.24, 2.45) is 0 Å². The van der Waals surface area contributed by atoms with Crippen molar-refractivity contribution < 1.29 is 19.4 Å². The molecule has 1 amide bonds. The standard InChI is InChI=1S/C15H15ClN2O4S/c1-9-12(6-7-14(20)21)23-15(17-9)18-13(19)8-22-11-5-3-2-4-10(11)16/h2-5H,6-8H2,1H3,(H,20,21)(H,17,18,19). The predicted octanol–water partition coefficient (Wildman–Crippen LogP) is 3.14. The average molecular weight is 355 g/mol. The van der Waals surface area contributed by atoms with E-state index < -0.39 is 5.97 Å². The molecule has 0 saturated carbocycles. The third kappa shape index (κ3) is 5.22. The summed E-state index contributed by atoms with van der Waals surface area (Å²) in [7, 11) is 0. The first-order valence-electron chi connectivity index (χ1n) is 6.81. The lowest BCUT2D eigenvalue weighted by Gasteiger charge is -2.06. The van der Waals surface area contributed by atoms with E-state index in [1.807, 2.05) is 0 Å². The molecule has 0 aliphatic rings. The highest BCUT2D eigenvalue weighted by Crippen LogP contribution is 2.25. The monoisotopic (exact) mass is 354 g/mol. The minimum atomic E-state index is -0.864. The lowest BCUT2D eigenvalue weighted by molar-refractivity contribution is -0.136. The molecule has 0 unspecified atom stereocenters. The molecule has 2 N–H and O–H groups in total. The molecule has 2 rings (SSSR count). The Morgan fingerprint density at radius 3 is 2.83 bits per heavy atom. The van der Waals surface area contributed by atoms with Crippen molar-refractivity contribution in [3.63, 3.8) is 0 Å². The Morgan fingerprint density at radius 1 is 1.39 bits per heavy atom. The van der Waals surface area contributed by atoms with Gasteiger partial charge in [-0.15, -0.1) is 11.3 Å². The third-order valence-corrected chi connectivity index (χ3v) is 4.35. The average Bonchev–Trinajstić information content (AvgIpc) is 2.84. The van der Waals surface area contributed by atoms with Crippen LogP contribution in [0.3, 0.4) is 0 Å². The van der Waals surface area contributed by atoms with Gasteiger partial charge in [-0.1, -0.05) is 23.7 Å². The van der Waals surface area contributed by atoms with Crippen LogP contribution in [-0.4, -0.2) is 28.6 Å². The number of hydrogen-bond acceptors (Lipinski definition) is 5. The van der Waals surface area contributed by atoms with Gasteiger partial charge in [-0.25, -0.2) is 4.98 Å². The number of para-hydroxylation sites is 1. The minimum absolute atomic E-state index is 0.0338. The van der Waals surface area contributed by atoms with E-state index in [0.29, 0.717) is 22.3 Å². The highest BCUT2D eigenvalue weighted by atomic mass is 35.5. The third-order valence-electron chi connectivity index (χ3n) is 2.90. The van der Waals surface area contributed by atoms with Crippen LogP contribution in [0, 0.1) is 6.92 Å². The highest BCUT2D eigenvalue weighted by Gasteiger charge is 2.12. The minimum Gasteiger partial charge on any atom is -0.482 e. The summed E-state index contributed by atoms with van der Waals surface area (Å²) in [5, 5.41) is 12.2. The van der Waals surface area contributed by atoms with Gasteiger partial charge in [-0.05, 0) is 25.5 Å². The topological polar surface area (TPSA) is 88.5 Å². The molecule has 23 heavy (non-hydrogen) atoms. The number of aliphatic carboxylic acids is 1. The number of benzene rings is 1. The fourth-order valence-electron chi connectivity index (χ4n) is 1.79. The van der Waals surface area contributed by atoms with E-state index in [2.05, 4.69) is 10.3 Å². The number of carbonyl (C=O) groups is 2. The van der Waals surface area contributed by atoms with Gasteiger partial charge in [0.1, 0.15) is 5.75 Å². The zero-order valence-corrected chi connectivity index (χ0v) is 13.9. The van der Waals surface area contributed by atoms with Crippen LogP contribution in [0.5, 0.6) is 5.75 Å². The van der Waals surface area contributed by atoms with Crippen LogP contribution in [0.2, 0.25) is 5.02 Å². The lowest BCUT2D eigenvalue weighted by atomic mass is 10.2. The molecule has 122 valence electrons. The summed E-state index contributed by atoms with van der Waals surface area (Å²) in [4.78, 5) is 27.5. The summed E-state index contributed by atoms with van der Waals surface area (Å²) in [5.74, 6) is -0.790. The number of aromatic nitrogens is 1. The van der Waals surface area contributed by atoms with Gasteiger partial charge in [0.25, 0.3) is 5.91 Å². The second-order valence-corrected chi connectivity index (χ2v) is 6.18. The molecule has 1 aromatic heterocycles. The van der Waals surface area contributed by atoms with Crippen molar-refractivity contribution in [3.8, 4) is 5.75 Å². The van der Waals surface area contributed by atoms with Crippen LogP contribution in [0.15, 0.2) is 24.3 Å². The first-order chi connectivity index (χ1) is 11.0. The van der Waals surface area contributed by atoms with E-state index in [1.165, 1.54) is 11.3 Å². The normalized spacial score (nSPS) is 10.3. The molecule has 0 saturated heterocycles. The molecule has 0 aliphatic carbocycles. The van der Waals surface area contributed by atoms with Gasteiger partial charge in [0.15, 0.2) is 11.7 Å². The molecule has 0 fully saturated rings. The Balaban J connectivity index is 1.89. The second-order valence-electron chi connectivity index (χ2n) is 4.69. The molecule has 0 atom stereocenters. The molecule has 0 spiro atoms. The predicted molar refractivity (Wildman–Crippen MR) is 88.4 cm³/mol. The molecule has 0 aliphatic heterocycles. The fourth-order valence-corrected chi connectivity index (χ4v) is 2.96. The van der Waals surface area contributed by atoms with Gasteiger partial charge in [0, 0.05) is 4.88 Å². The molecule has 0 radical (unpaired) electrons. The molecular weight excluding hydrogens is 340 g/mol. The van der Waals surface area contributed by atoms with E-state index >= 15 is 0 Å². The van der Waals surface area contributed by atoms with E-state index in [9.17, 15) is 9.59 Å². The SMILES string of the molecule is Cc1nc(NC(=O)COc2ccccc2Cl)sc1CCC(=O)O. The van der Waals surface area contributed by atoms with E-state index in [-0.39, 0.29) is 18.9 Å². The Hall–Kier alpha value is -2.12. The maximum absolute atomic E-state index is 11.9. The van der Waals surface area contributed by atoms with Gasteiger partial charge >= 0.3 is 5.97 Å². The van der Waals surface area contributed by atoms with Crippen LogP contribution < -0.4 is 10.1 Å². The van der Waals surface area contributed by atoms with Crippen LogP contribution in [0.1, 0.15) is 17.0 Å². The number of anilines is 1. The number of carboxylic acids is 1. The Labute approximate surface area is 142 Å². The molecule has 0 bridgehead atoms. The van der Waals surface area contributed by atoms with Crippen molar-refractivity contribution in [2.75, 3.05) is 11.9 Å². The Bertz CT molecular complexity index is 717. The number of carbonyl (C=O) groups excluding carboxylic acids is 1. The molecule has 1 heterocycles. The number of nitrogens with one attached hydrogen (secondary N) is 1. The quantitative estimate of drug-likeness (QED) is 0.797. The summed E-state index contributed by atoms with van der Waals surface area (Å²) in [6, 6.07) is 6.88. The number of aryl methyl sites for hydroxylation is 2. The van der Waals surface area contributed by atoms with Crippen molar-refractivity contribution in [1.29, 1.82) is 0 Å². The number of halogens is 1. The van der Waals surface area contributed by atoms with Crippen molar-refractivity contribution >= 4 is 39.9 Å². The fraction of sp³-hybridized carbons (Fsp3) is 0.267. The first-order valence-corrected chi connectivity index (χ1v) is 8.00. The van der Waals surface area contributed by atoms with Gasteiger partial charge in [0.2, 0.25) is 0 Å². The summed E-state index contributed by atoms with van der Waals surface area (Å²) >= 11 is 7.20. The summed E-state index contributed by atoms with van der Waals surface area (Å²) in [6.45, 7) is 1.59. The number of amides is 1. The number of thiazole rings is 1. The largest absolute Gasteiger partial charge is 0.482 e. The number of nitrogens with zero attached hydrogens (tertiary/aromatic N) is 1. The van der Waals surface area contributed by atoms with Crippen molar-refractivity contribution in [2.45, 2.75) is 19.8 Å². The molecular formula is C15H15ClN2O4S. The zero-order valence-electron chi connectivity index (χ0n) is 12.3. The molecule has 1 aromatic carbocycles. The Kier molecular flexibility index (Phi) is 5.95. The van der Waals surface area contributed by atoms with Crippen LogP contribution in [-0.2, 0) is 16.0 Å². The lowest BCUT2D eigenvalue weighted by Crippen LogP contribution is -2.20. The summed E-state index contributed by atoms with van der Waals surface area (Å²) < 4.78 is 5.34. The smallest absolute Gasteiger partial charge is 0.303 e. The number of ether oxygens (including phenoxy) is 1. The summed E-state index contributed by atoms with van der Waals surface area (Å²) in [5.41, 5.74) is 0.721. The van der Waals surface area contributed by atoms with Crippen LogP contribution in [0.25, 0.3) is 0 Å². The van der Waals surface area contributed by atoms with Crippen LogP contribution >= 0.6 is 22.9 Å². The van der Waals surface area contributed by atoms with Gasteiger partial charge in [0.05, 0.1) is 17.1 Å². The van der Waals surface area contributed by atoms with E-state index in [1.54, 1.807) is 31.2 Å². The second kappa shape index (κ2) is 7.94. The maximum Gasteiger partial charge on any atom is 0.303 e. The van der Waals surface area contributed by atoms with Gasteiger partial charge in [-0.3, -0.25) is 14.9 Å². The van der Waals surface area contributed by atoms with Crippen LogP contribution in [0.4, 0.5) is 5.13 Å². The first kappa shape index (κ1) is 17.2. The molecule has 6 nitrogen and oxygen atoms in total.